The monoisotopic (exact) mass is 209 g/mol. The zero-order valence-corrected chi connectivity index (χ0v) is 8.54. The molecule has 1 amide bonds. The molecule has 0 fully saturated rings. The Bertz CT molecular complexity index is 338. The summed E-state index contributed by atoms with van der Waals surface area (Å²) in [6, 6.07) is 5.96. The van der Waals surface area contributed by atoms with Gasteiger partial charge in [0, 0.05) is 12.6 Å². The number of rotatable bonds is 3. The number of carbonyl (C=O) groups is 1. The Morgan fingerprint density at radius 2 is 1.87 bits per heavy atom. The molecule has 0 heterocycles. The van der Waals surface area contributed by atoms with E-state index in [9.17, 15) is 4.79 Å². The summed E-state index contributed by atoms with van der Waals surface area (Å²) >= 11 is 0. The van der Waals surface area contributed by atoms with Crippen LogP contribution < -0.4 is 5.46 Å². The Hall–Kier alpha value is -1.37. The van der Waals surface area contributed by atoms with Crippen LogP contribution in [-0.4, -0.2) is 42.3 Å². The van der Waals surface area contributed by atoms with Crippen LogP contribution in [0.2, 0.25) is 0 Å². The van der Waals surface area contributed by atoms with Crippen LogP contribution in [0.25, 0.3) is 0 Å². The summed E-state index contributed by atoms with van der Waals surface area (Å²) in [7, 11) is 1.37. The van der Waals surface area contributed by atoms with Crippen molar-refractivity contribution in [2.24, 2.45) is 0 Å². The van der Waals surface area contributed by atoms with E-state index >= 15 is 0 Å². The smallest absolute Gasteiger partial charge is 0.423 e. The van der Waals surface area contributed by atoms with Gasteiger partial charge in [0.25, 0.3) is 5.91 Å². The first kappa shape index (κ1) is 11.7. The molecule has 2 N–H and O–H groups in total. The van der Waals surface area contributed by atoms with Gasteiger partial charge < -0.3 is 10.0 Å². The van der Waals surface area contributed by atoms with E-state index < -0.39 is 7.12 Å². The van der Waals surface area contributed by atoms with Crippen LogP contribution in [0.5, 0.6) is 0 Å². The zero-order valence-electron chi connectivity index (χ0n) is 8.54. The van der Waals surface area contributed by atoms with Gasteiger partial charge in [-0.1, -0.05) is 12.1 Å². The van der Waals surface area contributed by atoms with Crippen LogP contribution in [0.15, 0.2) is 24.3 Å². The number of benzene rings is 1. The molecule has 6 heteroatoms. The van der Waals surface area contributed by atoms with Gasteiger partial charge in [-0.05, 0) is 17.6 Å². The van der Waals surface area contributed by atoms with Crippen molar-refractivity contribution in [3.05, 3.63) is 29.8 Å². The highest BCUT2D eigenvalue weighted by molar-refractivity contribution is 6.58. The molecule has 0 bridgehead atoms. The van der Waals surface area contributed by atoms with Crippen molar-refractivity contribution in [1.82, 2.24) is 5.06 Å². The summed E-state index contributed by atoms with van der Waals surface area (Å²) in [5.74, 6) is -0.295. The second kappa shape index (κ2) is 4.93. The molecule has 5 nitrogen and oxygen atoms in total. The van der Waals surface area contributed by atoms with Gasteiger partial charge in [0.1, 0.15) is 0 Å². The predicted molar refractivity (Wildman–Crippen MR) is 55.4 cm³/mol. The van der Waals surface area contributed by atoms with Crippen molar-refractivity contribution in [3.63, 3.8) is 0 Å². The minimum absolute atomic E-state index is 0.295. The first-order chi connectivity index (χ1) is 7.06. The number of hydrogen-bond donors (Lipinski definition) is 2. The van der Waals surface area contributed by atoms with Crippen molar-refractivity contribution >= 4 is 18.5 Å². The van der Waals surface area contributed by atoms with Gasteiger partial charge in [-0.2, -0.15) is 0 Å². The highest BCUT2D eigenvalue weighted by Gasteiger charge is 2.14. The quantitative estimate of drug-likeness (QED) is 0.494. The predicted octanol–water partition coefficient (Wildman–Crippen LogP) is -1.00. The van der Waals surface area contributed by atoms with Crippen molar-refractivity contribution in [3.8, 4) is 0 Å². The molecule has 0 aromatic heterocycles. The molecule has 0 aliphatic carbocycles. The second-order valence-electron chi connectivity index (χ2n) is 2.98. The fourth-order valence-electron chi connectivity index (χ4n) is 1.06. The zero-order chi connectivity index (χ0) is 11.4. The van der Waals surface area contributed by atoms with Gasteiger partial charge in [0.05, 0.1) is 7.11 Å². The van der Waals surface area contributed by atoms with Gasteiger partial charge in [-0.25, -0.2) is 5.06 Å². The summed E-state index contributed by atoms with van der Waals surface area (Å²) in [6.07, 6.45) is 0. The van der Waals surface area contributed by atoms with Gasteiger partial charge in [0.15, 0.2) is 0 Å². The topological polar surface area (TPSA) is 70.0 Å². The van der Waals surface area contributed by atoms with Crippen LogP contribution in [0.3, 0.4) is 0 Å². The highest BCUT2D eigenvalue weighted by atomic mass is 16.7. The molecule has 0 unspecified atom stereocenters. The summed E-state index contributed by atoms with van der Waals surface area (Å²) in [5, 5.41) is 18.8. The highest BCUT2D eigenvalue weighted by Crippen LogP contribution is 2.01. The number of hydroxylamine groups is 2. The lowest BCUT2D eigenvalue weighted by Crippen LogP contribution is -2.30. The minimum Gasteiger partial charge on any atom is -0.423 e. The second-order valence-corrected chi connectivity index (χ2v) is 2.98. The van der Waals surface area contributed by atoms with Crippen LogP contribution in [0.1, 0.15) is 10.4 Å². The molecule has 0 aliphatic heterocycles. The Balaban J connectivity index is 2.84. The van der Waals surface area contributed by atoms with Crippen LogP contribution >= 0.6 is 0 Å². The molecule has 80 valence electrons. The van der Waals surface area contributed by atoms with E-state index in [1.54, 1.807) is 0 Å². The van der Waals surface area contributed by atoms with Gasteiger partial charge in [-0.15, -0.1) is 0 Å². The van der Waals surface area contributed by atoms with Gasteiger partial charge in [-0.3, -0.25) is 9.63 Å². The van der Waals surface area contributed by atoms with E-state index in [1.165, 1.54) is 38.4 Å². The van der Waals surface area contributed by atoms with E-state index in [0.29, 0.717) is 11.0 Å². The van der Waals surface area contributed by atoms with Crippen molar-refractivity contribution in [1.29, 1.82) is 0 Å². The molecule has 0 aliphatic rings. The molecule has 15 heavy (non-hydrogen) atoms. The first-order valence-corrected chi connectivity index (χ1v) is 4.34. The van der Waals surface area contributed by atoms with Crippen LogP contribution in [0.4, 0.5) is 0 Å². The number of hydrogen-bond acceptors (Lipinski definition) is 4. The van der Waals surface area contributed by atoms with Gasteiger partial charge in [0.2, 0.25) is 0 Å². The molecule has 0 saturated carbocycles. The molecule has 0 atom stereocenters. The summed E-state index contributed by atoms with van der Waals surface area (Å²) < 4.78 is 0. The average molecular weight is 209 g/mol. The lowest BCUT2D eigenvalue weighted by Gasteiger charge is -2.13. The average Bonchev–Trinajstić information content (AvgIpc) is 2.27. The standard InChI is InChI=1S/C9H12BNO4/c1-11(15-2)9(12)7-3-5-8(6-4-7)10(13)14/h3-6,13-14H,1-2H3. The summed E-state index contributed by atoms with van der Waals surface area (Å²) in [5.41, 5.74) is 0.760. The van der Waals surface area contributed by atoms with E-state index in [2.05, 4.69) is 0 Å². The van der Waals surface area contributed by atoms with Crippen molar-refractivity contribution in [2.45, 2.75) is 0 Å². The summed E-state index contributed by atoms with van der Waals surface area (Å²) in [6.45, 7) is 0. The number of carbonyl (C=O) groups excluding carboxylic acids is 1. The lowest BCUT2D eigenvalue weighted by molar-refractivity contribution is -0.0756. The SMILES string of the molecule is CON(C)C(=O)c1ccc(B(O)O)cc1. The number of nitrogens with zero attached hydrogens (tertiary/aromatic N) is 1. The van der Waals surface area contributed by atoms with Gasteiger partial charge >= 0.3 is 7.12 Å². The molecule has 1 aromatic rings. The Morgan fingerprint density at radius 3 is 2.27 bits per heavy atom. The number of amides is 1. The van der Waals surface area contributed by atoms with E-state index in [0.717, 1.165) is 5.06 Å². The lowest BCUT2D eigenvalue weighted by atomic mass is 9.80. The Labute approximate surface area is 88.0 Å². The third kappa shape index (κ3) is 2.79. The molecular formula is C9H12BNO4. The molecule has 0 spiro atoms. The molecule has 1 rings (SSSR count). The first-order valence-electron chi connectivity index (χ1n) is 4.34. The van der Waals surface area contributed by atoms with E-state index in [1.807, 2.05) is 0 Å². The van der Waals surface area contributed by atoms with Crippen molar-refractivity contribution < 1.29 is 19.7 Å². The van der Waals surface area contributed by atoms with Crippen molar-refractivity contribution in [2.75, 3.05) is 14.2 Å². The largest absolute Gasteiger partial charge is 0.488 e. The third-order valence-corrected chi connectivity index (χ3v) is 2.02. The van der Waals surface area contributed by atoms with E-state index in [-0.39, 0.29) is 5.91 Å². The molecule has 0 saturated heterocycles. The maximum Gasteiger partial charge on any atom is 0.488 e. The fourth-order valence-corrected chi connectivity index (χ4v) is 1.06. The Kier molecular flexibility index (Phi) is 3.84. The molecular weight excluding hydrogens is 197 g/mol. The third-order valence-electron chi connectivity index (χ3n) is 2.02. The fraction of sp³-hybridized carbons (Fsp3) is 0.222. The van der Waals surface area contributed by atoms with Crippen LogP contribution in [-0.2, 0) is 4.84 Å². The molecule has 1 aromatic carbocycles. The maximum absolute atomic E-state index is 11.5. The summed E-state index contributed by atoms with van der Waals surface area (Å²) in [4.78, 5) is 16.3. The normalized spacial score (nSPS) is 9.87. The van der Waals surface area contributed by atoms with Crippen LogP contribution in [0, 0.1) is 0 Å². The van der Waals surface area contributed by atoms with E-state index in [4.69, 9.17) is 14.9 Å². The Morgan fingerprint density at radius 1 is 1.33 bits per heavy atom. The minimum atomic E-state index is -1.52. The molecule has 0 radical (unpaired) electrons. The maximum atomic E-state index is 11.5.